The van der Waals surface area contributed by atoms with Gasteiger partial charge in [0, 0.05) is 6.42 Å². The lowest BCUT2D eigenvalue weighted by Gasteiger charge is -2.16. The Morgan fingerprint density at radius 3 is 2.86 bits per heavy atom. The lowest BCUT2D eigenvalue weighted by atomic mass is 9.91. The third kappa shape index (κ3) is 1.99. The highest BCUT2D eigenvalue weighted by molar-refractivity contribution is 5.69. The Labute approximate surface area is 85.3 Å². The molecule has 0 aromatic carbocycles. The van der Waals surface area contributed by atoms with Crippen LogP contribution in [0.4, 0.5) is 0 Å². The van der Waals surface area contributed by atoms with E-state index >= 15 is 0 Å². The van der Waals surface area contributed by atoms with E-state index in [4.69, 9.17) is 4.74 Å². The summed E-state index contributed by atoms with van der Waals surface area (Å²) < 4.78 is 5.10. The maximum atomic E-state index is 11.4. The molecule has 2 aliphatic carbocycles. The van der Waals surface area contributed by atoms with E-state index in [1.54, 1.807) is 0 Å². The second-order valence-electron chi connectivity index (χ2n) is 4.46. The third-order valence-electron chi connectivity index (χ3n) is 3.31. The minimum atomic E-state index is -0.00204. The minimum absolute atomic E-state index is 0.00204. The van der Waals surface area contributed by atoms with Gasteiger partial charge in [-0.25, -0.2) is 0 Å². The molecule has 2 rings (SSSR count). The summed E-state index contributed by atoms with van der Waals surface area (Å²) in [6.45, 7) is 2.60. The normalized spacial score (nSPS) is 33.6. The fourth-order valence-corrected chi connectivity index (χ4v) is 2.62. The molecule has 2 heteroatoms. The zero-order valence-electron chi connectivity index (χ0n) is 8.74. The predicted molar refractivity (Wildman–Crippen MR) is 54.7 cm³/mol. The van der Waals surface area contributed by atoms with Crippen molar-refractivity contribution in [3.05, 3.63) is 12.2 Å². The molecular weight excluding hydrogens is 176 g/mol. The molecule has 78 valence electrons. The van der Waals surface area contributed by atoms with Gasteiger partial charge >= 0.3 is 5.97 Å². The van der Waals surface area contributed by atoms with Gasteiger partial charge in [-0.15, -0.1) is 0 Å². The van der Waals surface area contributed by atoms with Crippen molar-refractivity contribution >= 4 is 5.97 Å². The summed E-state index contributed by atoms with van der Waals surface area (Å²) in [6.07, 6.45) is 8.60. The zero-order chi connectivity index (χ0) is 9.97. The first-order chi connectivity index (χ1) is 6.79. The van der Waals surface area contributed by atoms with Crippen LogP contribution in [0, 0.1) is 17.8 Å². The number of ether oxygens (including phenoxy) is 1. The number of carbonyl (C=O) groups is 1. The fourth-order valence-electron chi connectivity index (χ4n) is 2.62. The minimum Gasteiger partial charge on any atom is -0.466 e. The van der Waals surface area contributed by atoms with E-state index in [0.717, 1.165) is 12.3 Å². The number of rotatable bonds is 4. The van der Waals surface area contributed by atoms with Crippen LogP contribution in [0.1, 0.15) is 32.6 Å². The van der Waals surface area contributed by atoms with Crippen molar-refractivity contribution in [2.45, 2.75) is 32.6 Å². The van der Waals surface area contributed by atoms with Gasteiger partial charge in [-0.05, 0) is 37.0 Å². The van der Waals surface area contributed by atoms with Gasteiger partial charge in [-0.1, -0.05) is 19.1 Å². The number of allylic oxidation sites excluding steroid dienone is 2. The Morgan fingerprint density at radius 2 is 2.29 bits per heavy atom. The average Bonchev–Trinajstić information content (AvgIpc) is 2.76. The second kappa shape index (κ2) is 4.16. The zero-order valence-corrected chi connectivity index (χ0v) is 8.74. The van der Waals surface area contributed by atoms with Crippen LogP contribution in [0.2, 0.25) is 0 Å². The lowest BCUT2D eigenvalue weighted by molar-refractivity contribution is -0.145. The number of carbonyl (C=O) groups excluding carboxylic acids is 1. The van der Waals surface area contributed by atoms with Gasteiger partial charge in [0.15, 0.2) is 0 Å². The van der Waals surface area contributed by atoms with Gasteiger partial charge in [0.2, 0.25) is 0 Å². The van der Waals surface area contributed by atoms with Crippen molar-refractivity contribution in [1.29, 1.82) is 0 Å². The van der Waals surface area contributed by atoms with Crippen LogP contribution in [0.5, 0.6) is 0 Å². The van der Waals surface area contributed by atoms with Crippen LogP contribution in [-0.4, -0.2) is 12.6 Å². The molecule has 0 spiro atoms. The average molecular weight is 194 g/mol. The Hall–Kier alpha value is -0.790. The first kappa shape index (κ1) is 9.75. The molecule has 3 atom stereocenters. The molecule has 0 heterocycles. The number of fused-ring (bicyclic) bond motifs is 2. The van der Waals surface area contributed by atoms with E-state index < -0.39 is 0 Å². The van der Waals surface area contributed by atoms with Crippen LogP contribution in [0.3, 0.4) is 0 Å². The van der Waals surface area contributed by atoms with Gasteiger partial charge < -0.3 is 4.74 Å². The summed E-state index contributed by atoms with van der Waals surface area (Å²) in [6, 6.07) is 0. The van der Waals surface area contributed by atoms with Crippen molar-refractivity contribution in [1.82, 2.24) is 0 Å². The van der Waals surface area contributed by atoms with Crippen LogP contribution in [0.25, 0.3) is 0 Å². The monoisotopic (exact) mass is 194 g/mol. The number of esters is 1. The fraction of sp³-hybridized carbons (Fsp3) is 0.750. The molecule has 0 aliphatic heterocycles. The summed E-state index contributed by atoms with van der Waals surface area (Å²) in [7, 11) is 0. The van der Waals surface area contributed by atoms with E-state index in [1.165, 1.54) is 12.8 Å². The standard InChI is InChI=1S/C12H18O2/c1-2-5-14-12(13)8-11-7-9-3-4-10(11)6-9/h3-4,9-11H,2,5-8H2,1H3. The first-order valence-electron chi connectivity index (χ1n) is 5.63. The molecule has 0 amide bonds. The van der Waals surface area contributed by atoms with Gasteiger partial charge in [-0.2, -0.15) is 0 Å². The van der Waals surface area contributed by atoms with E-state index in [0.29, 0.717) is 24.9 Å². The van der Waals surface area contributed by atoms with Crippen molar-refractivity contribution in [3.63, 3.8) is 0 Å². The quantitative estimate of drug-likeness (QED) is 0.508. The maximum Gasteiger partial charge on any atom is 0.306 e. The molecule has 0 saturated heterocycles. The molecule has 1 saturated carbocycles. The second-order valence-corrected chi connectivity index (χ2v) is 4.46. The SMILES string of the molecule is CCCOC(=O)CC1CC2C=CC1C2. The largest absolute Gasteiger partial charge is 0.466 e. The molecule has 0 aromatic rings. The van der Waals surface area contributed by atoms with E-state index in [1.807, 2.05) is 6.92 Å². The Balaban J connectivity index is 1.76. The van der Waals surface area contributed by atoms with Crippen molar-refractivity contribution in [3.8, 4) is 0 Å². The van der Waals surface area contributed by atoms with Crippen molar-refractivity contribution in [2.75, 3.05) is 6.61 Å². The van der Waals surface area contributed by atoms with Crippen LogP contribution in [0.15, 0.2) is 12.2 Å². The van der Waals surface area contributed by atoms with Gasteiger partial charge in [0.05, 0.1) is 6.61 Å². The first-order valence-corrected chi connectivity index (χ1v) is 5.63. The summed E-state index contributed by atoms with van der Waals surface area (Å²) in [4.78, 5) is 11.4. The highest BCUT2D eigenvalue weighted by Gasteiger charge is 2.36. The van der Waals surface area contributed by atoms with Crippen LogP contribution >= 0.6 is 0 Å². The molecule has 2 nitrogen and oxygen atoms in total. The highest BCUT2D eigenvalue weighted by atomic mass is 16.5. The summed E-state index contributed by atoms with van der Waals surface area (Å²) in [5.74, 6) is 1.98. The molecule has 0 N–H and O–H groups in total. The van der Waals surface area contributed by atoms with Crippen LogP contribution in [-0.2, 0) is 9.53 Å². The molecule has 0 aromatic heterocycles. The Morgan fingerprint density at radius 1 is 1.43 bits per heavy atom. The van der Waals surface area contributed by atoms with Gasteiger partial charge in [0.1, 0.15) is 0 Å². The van der Waals surface area contributed by atoms with Crippen molar-refractivity contribution < 1.29 is 9.53 Å². The Bertz CT molecular complexity index is 245. The molecule has 14 heavy (non-hydrogen) atoms. The van der Waals surface area contributed by atoms with Gasteiger partial charge in [-0.3, -0.25) is 4.79 Å². The number of hydrogen-bond acceptors (Lipinski definition) is 2. The third-order valence-corrected chi connectivity index (χ3v) is 3.31. The molecule has 2 bridgehead atoms. The molecule has 2 aliphatic rings. The summed E-state index contributed by atoms with van der Waals surface area (Å²) in [5, 5.41) is 0. The molecular formula is C12H18O2. The summed E-state index contributed by atoms with van der Waals surface area (Å²) >= 11 is 0. The molecule has 3 unspecified atom stereocenters. The molecule has 0 radical (unpaired) electrons. The smallest absolute Gasteiger partial charge is 0.306 e. The topological polar surface area (TPSA) is 26.3 Å². The lowest BCUT2D eigenvalue weighted by Crippen LogP contribution is -2.15. The van der Waals surface area contributed by atoms with Crippen LogP contribution < -0.4 is 0 Å². The van der Waals surface area contributed by atoms with E-state index in [9.17, 15) is 4.79 Å². The summed E-state index contributed by atoms with van der Waals surface area (Å²) in [5.41, 5.74) is 0. The van der Waals surface area contributed by atoms with Crippen molar-refractivity contribution in [2.24, 2.45) is 17.8 Å². The highest BCUT2D eigenvalue weighted by Crippen LogP contribution is 2.44. The van der Waals surface area contributed by atoms with E-state index in [2.05, 4.69) is 12.2 Å². The molecule has 1 fully saturated rings. The number of hydrogen-bond donors (Lipinski definition) is 0. The van der Waals surface area contributed by atoms with E-state index in [-0.39, 0.29) is 5.97 Å². The maximum absolute atomic E-state index is 11.4. The Kier molecular flexibility index (Phi) is 2.90. The van der Waals surface area contributed by atoms with Gasteiger partial charge in [0.25, 0.3) is 0 Å². The predicted octanol–water partition coefficient (Wildman–Crippen LogP) is 2.54.